The Labute approximate surface area is 110 Å². The zero-order chi connectivity index (χ0) is 13.5. The van der Waals surface area contributed by atoms with Gasteiger partial charge in [-0.15, -0.1) is 0 Å². The molecule has 2 rings (SSSR count). The third-order valence-electron chi connectivity index (χ3n) is 3.25. The lowest BCUT2D eigenvalue weighted by molar-refractivity contribution is -0.139. The van der Waals surface area contributed by atoms with Crippen molar-refractivity contribution in [3.05, 3.63) is 35.9 Å². The molecule has 0 saturated carbocycles. The molecule has 1 amide bonds. The number of benzene rings is 1. The summed E-state index contributed by atoms with van der Waals surface area (Å²) in [6.07, 6.45) is 0.806. The summed E-state index contributed by atoms with van der Waals surface area (Å²) in [6, 6.07) is 10.2. The Morgan fingerprint density at radius 3 is 2.33 bits per heavy atom. The van der Waals surface area contributed by atoms with Crippen LogP contribution in [0.5, 0.6) is 0 Å². The van der Waals surface area contributed by atoms with Crippen molar-refractivity contribution in [2.24, 2.45) is 0 Å². The van der Waals surface area contributed by atoms with E-state index in [0.29, 0.717) is 0 Å². The fourth-order valence-corrected chi connectivity index (χ4v) is 2.10. The number of likely N-dealkylation sites (N-methyl/N-ethyl adjacent to an activating group) is 2. The second-order valence-electron chi connectivity index (χ2n) is 4.45. The van der Waals surface area contributed by atoms with E-state index in [1.165, 1.54) is 5.56 Å². The Hall–Kier alpha value is -1.35. The van der Waals surface area contributed by atoms with Gasteiger partial charge in [0.05, 0.1) is 6.04 Å². The highest BCUT2D eigenvalue weighted by atomic mass is 16.2. The summed E-state index contributed by atoms with van der Waals surface area (Å²) in [5.41, 5.74) is 1.23. The van der Waals surface area contributed by atoms with Crippen LogP contribution in [0.15, 0.2) is 30.3 Å². The van der Waals surface area contributed by atoms with Crippen molar-refractivity contribution in [1.29, 1.82) is 0 Å². The van der Waals surface area contributed by atoms with Crippen molar-refractivity contribution in [2.45, 2.75) is 26.3 Å². The number of amides is 1. The molecule has 100 valence electrons. The molecule has 0 aliphatic carbocycles. The molecule has 0 bridgehead atoms. The van der Waals surface area contributed by atoms with Crippen LogP contribution in [-0.2, 0) is 11.2 Å². The van der Waals surface area contributed by atoms with Gasteiger partial charge in [-0.1, -0.05) is 44.2 Å². The third-order valence-corrected chi connectivity index (χ3v) is 3.25. The molecule has 18 heavy (non-hydrogen) atoms. The topological polar surface area (TPSA) is 23.6 Å². The lowest BCUT2D eigenvalue weighted by Gasteiger charge is -2.36. The summed E-state index contributed by atoms with van der Waals surface area (Å²) >= 11 is 0. The summed E-state index contributed by atoms with van der Waals surface area (Å²) in [5.74, 6) is 0.234. The Morgan fingerprint density at radius 1 is 1.11 bits per heavy atom. The molecule has 1 saturated heterocycles. The van der Waals surface area contributed by atoms with Crippen LogP contribution in [0.3, 0.4) is 0 Å². The summed E-state index contributed by atoms with van der Waals surface area (Å²) in [5, 5.41) is 0. The predicted molar refractivity (Wildman–Crippen MR) is 75.5 cm³/mol. The minimum Gasteiger partial charge on any atom is -0.343 e. The van der Waals surface area contributed by atoms with Gasteiger partial charge in [-0.05, 0) is 19.0 Å². The maximum absolute atomic E-state index is 12.0. The fraction of sp³-hybridized carbons (Fsp3) is 0.533. The van der Waals surface area contributed by atoms with Crippen molar-refractivity contribution < 1.29 is 4.79 Å². The number of carbonyl (C=O) groups is 1. The first-order chi connectivity index (χ1) is 8.68. The molecule has 1 unspecified atom stereocenters. The van der Waals surface area contributed by atoms with Gasteiger partial charge in [0.15, 0.2) is 0 Å². The van der Waals surface area contributed by atoms with Crippen LogP contribution in [0, 0.1) is 0 Å². The van der Waals surface area contributed by atoms with Crippen LogP contribution in [0.2, 0.25) is 0 Å². The number of carbonyl (C=O) groups excluding carboxylic acids is 1. The Balaban J connectivity index is 0.000000771. The first-order valence-corrected chi connectivity index (χ1v) is 6.67. The van der Waals surface area contributed by atoms with Gasteiger partial charge < -0.3 is 4.90 Å². The average Bonchev–Trinajstić information content (AvgIpc) is 2.43. The quantitative estimate of drug-likeness (QED) is 0.799. The van der Waals surface area contributed by atoms with E-state index in [0.717, 1.165) is 19.5 Å². The van der Waals surface area contributed by atoms with Gasteiger partial charge >= 0.3 is 0 Å². The molecular weight excluding hydrogens is 224 g/mol. The predicted octanol–water partition coefficient (Wildman–Crippen LogP) is 2.03. The smallest absolute Gasteiger partial charge is 0.240 e. The molecule has 1 aliphatic heterocycles. The summed E-state index contributed by atoms with van der Waals surface area (Å²) in [4.78, 5) is 16.0. The van der Waals surface area contributed by atoms with Gasteiger partial charge in [0, 0.05) is 20.1 Å². The van der Waals surface area contributed by atoms with Crippen LogP contribution in [-0.4, -0.2) is 48.9 Å². The monoisotopic (exact) mass is 248 g/mol. The van der Waals surface area contributed by atoms with Crippen LogP contribution in [0.25, 0.3) is 0 Å². The number of piperazine rings is 1. The van der Waals surface area contributed by atoms with Gasteiger partial charge in [0.25, 0.3) is 0 Å². The van der Waals surface area contributed by atoms with Crippen molar-refractivity contribution in [2.75, 3.05) is 27.2 Å². The van der Waals surface area contributed by atoms with E-state index in [9.17, 15) is 4.79 Å². The van der Waals surface area contributed by atoms with Gasteiger partial charge in [-0.25, -0.2) is 0 Å². The second-order valence-corrected chi connectivity index (χ2v) is 4.45. The van der Waals surface area contributed by atoms with Gasteiger partial charge in [-0.2, -0.15) is 0 Å². The van der Waals surface area contributed by atoms with E-state index in [-0.39, 0.29) is 11.9 Å². The van der Waals surface area contributed by atoms with E-state index in [2.05, 4.69) is 17.0 Å². The molecule has 0 aromatic heterocycles. The van der Waals surface area contributed by atoms with Crippen molar-refractivity contribution >= 4 is 5.91 Å². The maximum Gasteiger partial charge on any atom is 0.240 e. The average molecular weight is 248 g/mol. The number of hydrogen-bond donors (Lipinski definition) is 0. The van der Waals surface area contributed by atoms with E-state index in [1.807, 2.05) is 51.0 Å². The second kappa shape index (κ2) is 7.17. The SMILES string of the molecule is CC.CN1CCN(C)C(Cc2ccccc2)C1=O. The highest BCUT2D eigenvalue weighted by Crippen LogP contribution is 2.13. The molecule has 0 spiro atoms. The van der Waals surface area contributed by atoms with E-state index >= 15 is 0 Å². The summed E-state index contributed by atoms with van der Waals surface area (Å²) < 4.78 is 0. The minimum atomic E-state index is 0.00106. The molecule has 1 aromatic carbocycles. The van der Waals surface area contributed by atoms with Crippen LogP contribution < -0.4 is 0 Å². The van der Waals surface area contributed by atoms with Gasteiger partial charge in [0.1, 0.15) is 0 Å². The molecule has 1 atom stereocenters. The Morgan fingerprint density at radius 2 is 1.72 bits per heavy atom. The molecule has 1 fully saturated rings. The van der Waals surface area contributed by atoms with Crippen molar-refractivity contribution in [3.8, 4) is 0 Å². The largest absolute Gasteiger partial charge is 0.343 e. The number of hydrogen-bond acceptors (Lipinski definition) is 2. The first kappa shape index (κ1) is 14.7. The molecule has 3 nitrogen and oxygen atoms in total. The normalized spacial score (nSPS) is 20.3. The lowest BCUT2D eigenvalue weighted by atomic mass is 10.0. The van der Waals surface area contributed by atoms with Crippen LogP contribution >= 0.6 is 0 Å². The van der Waals surface area contributed by atoms with Crippen LogP contribution in [0.1, 0.15) is 19.4 Å². The highest BCUT2D eigenvalue weighted by molar-refractivity contribution is 5.82. The van der Waals surface area contributed by atoms with Crippen LogP contribution in [0.4, 0.5) is 0 Å². The summed E-state index contributed by atoms with van der Waals surface area (Å²) in [6.45, 7) is 5.79. The number of rotatable bonds is 2. The Bertz CT molecular complexity index is 364. The van der Waals surface area contributed by atoms with Gasteiger partial charge in [0.2, 0.25) is 5.91 Å². The first-order valence-electron chi connectivity index (χ1n) is 6.67. The van der Waals surface area contributed by atoms with E-state index < -0.39 is 0 Å². The van der Waals surface area contributed by atoms with E-state index in [1.54, 1.807) is 0 Å². The fourth-order valence-electron chi connectivity index (χ4n) is 2.10. The minimum absolute atomic E-state index is 0.00106. The molecule has 1 aromatic rings. The maximum atomic E-state index is 12.0. The molecule has 1 heterocycles. The van der Waals surface area contributed by atoms with E-state index in [4.69, 9.17) is 0 Å². The third kappa shape index (κ3) is 3.57. The molecule has 0 N–H and O–H groups in total. The lowest BCUT2D eigenvalue weighted by Crippen LogP contribution is -2.54. The van der Waals surface area contributed by atoms with Crippen molar-refractivity contribution in [3.63, 3.8) is 0 Å². The standard InChI is InChI=1S/C13H18N2O.C2H6/c1-14-8-9-15(2)13(16)12(14)10-11-6-4-3-5-7-11;1-2/h3-7,12H,8-10H2,1-2H3;1-2H3. The number of nitrogens with zero attached hydrogens (tertiary/aromatic N) is 2. The Kier molecular flexibility index (Phi) is 5.86. The molecule has 3 heteroatoms. The summed E-state index contributed by atoms with van der Waals surface area (Å²) in [7, 11) is 3.91. The molecule has 0 radical (unpaired) electrons. The van der Waals surface area contributed by atoms with Gasteiger partial charge in [-0.3, -0.25) is 9.69 Å². The zero-order valence-corrected chi connectivity index (χ0v) is 11.9. The highest BCUT2D eigenvalue weighted by Gasteiger charge is 2.30. The van der Waals surface area contributed by atoms with Crippen molar-refractivity contribution in [1.82, 2.24) is 9.80 Å². The zero-order valence-electron chi connectivity index (χ0n) is 11.9. The molecule has 1 aliphatic rings. The molecular formula is C15H24N2O.